The van der Waals surface area contributed by atoms with Crippen LogP contribution < -0.4 is 5.32 Å². The van der Waals surface area contributed by atoms with Crippen LogP contribution in [0.2, 0.25) is 0 Å². The summed E-state index contributed by atoms with van der Waals surface area (Å²) in [6.07, 6.45) is 4.88. The standard InChI is InChI=1S/C10H14N4O3/c1-17-9(15)12-8-2-4-13(6-8)10(16)14-5-3-11-7-14/h3,5,7-8H,2,4,6H2,1H3,(H,12,15). The highest BCUT2D eigenvalue weighted by Crippen LogP contribution is 2.10. The average molecular weight is 238 g/mol. The van der Waals surface area contributed by atoms with Gasteiger partial charge in [0.05, 0.1) is 13.2 Å². The molecule has 1 aromatic heterocycles. The number of amides is 2. The summed E-state index contributed by atoms with van der Waals surface area (Å²) in [7, 11) is 1.32. The van der Waals surface area contributed by atoms with Crippen LogP contribution in [-0.4, -0.2) is 52.8 Å². The van der Waals surface area contributed by atoms with E-state index in [1.54, 1.807) is 17.3 Å². The molecule has 0 aliphatic carbocycles. The molecule has 1 saturated heterocycles. The van der Waals surface area contributed by atoms with Gasteiger partial charge in [-0.3, -0.25) is 4.57 Å². The molecule has 0 bridgehead atoms. The van der Waals surface area contributed by atoms with Crippen molar-refractivity contribution in [3.05, 3.63) is 18.7 Å². The van der Waals surface area contributed by atoms with E-state index in [9.17, 15) is 9.59 Å². The average Bonchev–Trinajstić information content (AvgIpc) is 2.98. The molecule has 0 spiro atoms. The molecule has 0 saturated carbocycles. The Balaban J connectivity index is 1.90. The van der Waals surface area contributed by atoms with Crippen LogP contribution in [0.3, 0.4) is 0 Å². The lowest BCUT2D eigenvalue weighted by atomic mass is 10.3. The van der Waals surface area contributed by atoms with Crippen molar-refractivity contribution in [2.24, 2.45) is 0 Å². The number of ether oxygens (including phenoxy) is 1. The van der Waals surface area contributed by atoms with E-state index in [4.69, 9.17) is 0 Å². The summed E-state index contributed by atoms with van der Waals surface area (Å²) in [4.78, 5) is 28.4. The Morgan fingerprint density at radius 2 is 2.35 bits per heavy atom. The van der Waals surface area contributed by atoms with Crippen LogP contribution in [0.5, 0.6) is 0 Å². The number of hydrogen-bond acceptors (Lipinski definition) is 4. The maximum Gasteiger partial charge on any atom is 0.407 e. The number of likely N-dealkylation sites (tertiary alicyclic amines) is 1. The van der Waals surface area contributed by atoms with Crippen molar-refractivity contribution in [1.29, 1.82) is 0 Å². The van der Waals surface area contributed by atoms with Gasteiger partial charge in [-0.05, 0) is 6.42 Å². The van der Waals surface area contributed by atoms with Crippen molar-refractivity contribution in [2.75, 3.05) is 20.2 Å². The quantitative estimate of drug-likeness (QED) is 0.762. The van der Waals surface area contributed by atoms with Crippen molar-refractivity contribution >= 4 is 12.1 Å². The summed E-state index contributed by atoms with van der Waals surface area (Å²) >= 11 is 0. The Labute approximate surface area is 98.4 Å². The molecule has 7 heteroatoms. The molecule has 17 heavy (non-hydrogen) atoms. The van der Waals surface area contributed by atoms with Crippen molar-refractivity contribution in [1.82, 2.24) is 19.8 Å². The van der Waals surface area contributed by atoms with Gasteiger partial charge >= 0.3 is 12.1 Å². The minimum absolute atomic E-state index is 0.0464. The number of alkyl carbamates (subject to hydrolysis) is 1. The van der Waals surface area contributed by atoms with Gasteiger partial charge in [0.25, 0.3) is 0 Å². The van der Waals surface area contributed by atoms with Crippen molar-refractivity contribution in [3.63, 3.8) is 0 Å². The molecular formula is C10H14N4O3. The Kier molecular flexibility index (Phi) is 3.27. The summed E-state index contributed by atoms with van der Waals surface area (Å²) in [6, 6.07) is -0.174. The summed E-state index contributed by atoms with van der Waals surface area (Å²) in [5, 5.41) is 2.68. The molecule has 2 amide bonds. The van der Waals surface area contributed by atoms with Crippen LogP contribution in [-0.2, 0) is 4.74 Å². The van der Waals surface area contributed by atoms with Crippen LogP contribution in [0, 0.1) is 0 Å². The maximum absolute atomic E-state index is 11.9. The predicted molar refractivity (Wildman–Crippen MR) is 58.5 cm³/mol. The zero-order chi connectivity index (χ0) is 12.3. The van der Waals surface area contributed by atoms with E-state index < -0.39 is 6.09 Å². The third kappa shape index (κ3) is 2.55. The summed E-state index contributed by atoms with van der Waals surface area (Å²) in [6.45, 7) is 1.11. The third-order valence-corrected chi connectivity index (χ3v) is 2.69. The molecule has 1 fully saturated rings. The Hall–Kier alpha value is -2.05. The molecule has 2 heterocycles. The minimum Gasteiger partial charge on any atom is -0.453 e. The van der Waals surface area contributed by atoms with E-state index in [-0.39, 0.29) is 12.1 Å². The normalized spacial score (nSPS) is 19.1. The number of carbonyl (C=O) groups is 2. The number of methoxy groups -OCH3 is 1. The van der Waals surface area contributed by atoms with Gasteiger partial charge in [0.2, 0.25) is 0 Å². The van der Waals surface area contributed by atoms with Gasteiger partial charge in [0, 0.05) is 25.5 Å². The largest absolute Gasteiger partial charge is 0.453 e. The SMILES string of the molecule is COC(=O)NC1CCN(C(=O)n2ccnc2)C1. The molecule has 1 aliphatic rings. The molecule has 2 rings (SSSR count). The zero-order valence-corrected chi connectivity index (χ0v) is 9.50. The topological polar surface area (TPSA) is 76.5 Å². The lowest BCUT2D eigenvalue weighted by Crippen LogP contribution is -2.39. The van der Waals surface area contributed by atoms with Crippen LogP contribution in [0.25, 0.3) is 0 Å². The first-order valence-corrected chi connectivity index (χ1v) is 5.32. The van der Waals surface area contributed by atoms with Crippen molar-refractivity contribution < 1.29 is 14.3 Å². The number of nitrogens with zero attached hydrogens (tertiary/aromatic N) is 3. The number of imidazole rings is 1. The minimum atomic E-state index is -0.466. The van der Waals surface area contributed by atoms with Gasteiger partial charge in [-0.25, -0.2) is 14.6 Å². The number of nitrogens with one attached hydrogen (secondary N) is 1. The summed E-state index contributed by atoms with van der Waals surface area (Å²) < 4.78 is 5.93. The van der Waals surface area contributed by atoms with E-state index in [1.807, 2.05) is 0 Å². The van der Waals surface area contributed by atoms with Gasteiger partial charge in [-0.15, -0.1) is 0 Å². The third-order valence-electron chi connectivity index (χ3n) is 2.69. The number of rotatable bonds is 1. The predicted octanol–water partition coefficient (Wildman–Crippen LogP) is 0.281. The first-order valence-electron chi connectivity index (χ1n) is 5.32. The number of hydrogen-bond donors (Lipinski definition) is 1. The molecule has 7 nitrogen and oxygen atoms in total. The highest BCUT2D eigenvalue weighted by molar-refractivity contribution is 5.77. The van der Waals surface area contributed by atoms with E-state index >= 15 is 0 Å². The number of carbonyl (C=O) groups excluding carboxylic acids is 2. The van der Waals surface area contributed by atoms with Gasteiger partial charge < -0.3 is 15.0 Å². The monoisotopic (exact) mass is 238 g/mol. The van der Waals surface area contributed by atoms with Crippen LogP contribution >= 0.6 is 0 Å². The van der Waals surface area contributed by atoms with Gasteiger partial charge in [-0.2, -0.15) is 0 Å². The fourth-order valence-electron chi connectivity index (χ4n) is 1.81. The second-order valence-electron chi connectivity index (χ2n) is 3.82. The zero-order valence-electron chi connectivity index (χ0n) is 9.50. The van der Waals surface area contributed by atoms with E-state index in [2.05, 4.69) is 15.0 Å². The second-order valence-corrected chi connectivity index (χ2v) is 3.82. The number of aromatic nitrogens is 2. The Morgan fingerprint density at radius 3 is 3.00 bits per heavy atom. The van der Waals surface area contributed by atoms with Crippen LogP contribution in [0.4, 0.5) is 9.59 Å². The van der Waals surface area contributed by atoms with Crippen LogP contribution in [0.15, 0.2) is 18.7 Å². The van der Waals surface area contributed by atoms with Gasteiger partial charge in [-0.1, -0.05) is 0 Å². The fraction of sp³-hybridized carbons (Fsp3) is 0.500. The second kappa shape index (κ2) is 4.86. The van der Waals surface area contributed by atoms with Gasteiger partial charge in [0.1, 0.15) is 6.33 Å². The first-order chi connectivity index (χ1) is 8.20. The van der Waals surface area contributed by atoms with Crippen LogP contribution in [0.1, 0.15) is 6.42 Å². The fourth-order valence-corrected chi connectivity index (χ4v) is 1.81. The maximum atomic E-state index is 11.9. The first kappa shape index (κ1) is 11.4. The molecule has 1 unspecified atom stereocenters. The summed E-state index contributed by atoms with van der Waals surface area (Å²) in [5.41, 5.74) is 0. The molecule has 1 atom stereocenters. The van der Waals surface area contributed by atoms with Gasteiger partial charge in [0.15, 0.2) is 0 Å². The molecule has 1 aliphatic heterocycles. The highest BCUT2D eigenvalue weighted by atomic mass is 16.5. The lowest BCUT2D eigenvalue weighted by Gasteiger charge is -2.16. The Bertz CT molecular complexity index is 404. The van der Waals surface area contributed by atoms with E-state index in [0.29, 0.717) is 13.1 Å². The summed E-state index contributed by atoms with van der Waals surface area (Å²) in [5.74, 6) is 0. The molecular weight excluding hydrogens is 224 g/mol. The molecule has 1 aromatic rings. The smallest absolute Gasteiger partial charge is 0.407 e. The van der Waals surface area contributed by atoms with E-state index in [1.165, 1.54) is 18.0 Å². The van der Waals surface area contributed by atoms with Crippen molar-refractivity contribution in [3.8, 4) is 0 Å². The van der Waals surface area contributed by atoms with Crippen molar-refractivity contribution in [2.45, 2.75) is 12.5 Å². The molecule has 1 N–H and O–H groups in total. The highest BCUT2D eigenvalue weighted by Gasteiger charge is 2.28. The van der Waals surface area contributed by atoms with E-state index in [0.717, 1.165) is 6.42 Å². The molecule has 0 aromatic carbocycles. The Morgan fingerprint density at radius 1 is 1.53 bits per heavy atom. The lowest BCUT2D eigenvalue weighted by molar-refractivity contribution is 0.166. The molecule has 0 radical (unpaired) electrons. The molecule has 92 valence electrons.